The van der Waals surface area contributed by atoms with Crippen molar-refractivity contribution in [3.05, 3.63) is 59.2 Å². The fourth-order valence-electron chi connectivity index (χ4n) is 2.06. The predicted octanol–water partition coefficient (Wildman–Crippen LogP) is 4.87. The van der Waals surface area contributed by atoms with E-state index in [0.29, 0.717) is 0 Å². The summed E-state index contributed by atoms with van der Waals surface area (Å²) in [6.07, 6.45) is -4.57. The predicted molar refractivity (Wildman–Crippen MR) is 77.2 cm³/mol. The zero-order valence-electron chi connectivity index (χ0n) is 12.3. The third-order valence-electron chi connectivity index (χ3n) is 3.15. The molecule has 24 heavy (non-hydrogen) atoms. The minimum Gasteiger partial charge on any atom is -0.434 e. The number of anilines is 1. The van der Waals surface area contributed by atoms with Crippen LogP contribution in [0.1, 0.15) is 21.5 Å². The number of hydrogen-bond donors (Lipinski definition) is 1. The number of benzene rings is 2. The fraction of sp³-hybridized carbons (Fsp3) is 0.188. The van der Waals surface area contributed by atoms with Crippen LogP contribution in [0.4, 0.5) is 27.6 Å². The molecule has 1 amide bonds. The van der Waals surface area contributed by atoms with Crippen LogP contribution in [0.2, 0.25) is 0 Å². The number of alkyl halides is 5. The largest absolute Gasteiger partial charge is 0.434 e. The summed E-state index contributed by atoms with van der Waals surface area (Å²) >= 11 is 0. The lowest BCUT2D eigenvalue weighted by atomic mass is 10.1. The molecule has 2 rings (SSSR count). The molecule has 0 heterocycles. The molecule has 128 valence electrons. The molecule has 0 saturated carbocycles. The van der Waals surface area contributed by atoms with Gasteiger partial charge < -0.3 is 10.1 Å². The smallest absolute Gasteiger partial charge is 0.416 e. The molecule has 0 aliphatic heterocycles. The summed E-state index contributed by atoms with van der Waals surface area (Å²) in [4.78, 5) is 12.1. The minimum absolute atomic E-state index is 0.00179. The lowest BCUT2D eigenvalue weighted by Crippen LogP contribution is -2.16. The zero-order valence-corrected chi connectivity index (χ0v) is 12.3. The van der Waals surface area contributed by atoms with Gasteiger partial charge in [-0.15, -0.1) is 0 Å². The van der Waals surface area contributed by atoms with E-state index in [1.807, 2.05) is 0 Å². The van der Waals surface area contributed by atoms with Gasteiger partial charge in [-0.3, -0.25) is 4.79 Å². The summed E-state index contributed by atoms with van der Waals surface area (Å²) in [5.41, 5.74) is -1.21. The van der Waals surface area contributed by atoms with E-state index in [1.165, 1.54) is 37.3 Å². The lowest BCUT2D eigenvalue weighted by Gasteiger charge is -2.14. The van der Waals surface area contributed by atoms with Crippen LogP contribution in [-0.4, -0.2) is 12.5 Å². The SMILES string of the molecule is Cc1ccc(NC(=O)c2ccccc2OC(F)F)cc1C(F)(F)F. The summed E-state index contributed by atoms with van der Waals surface area (Å²) in [5.74, 6) is -1.23. The van der Waals surface area contributed by atoms with E-state index in [4.69, 9.17) is 0 Å². The molecule has 0 unspecified atom stereocenters. The number of hydrogen-bond acceptors (Lipinski definition) is 2. The van der Waals surface area contributed by atoms with Crippen molar-refractivity contribution >= 4 is 11.6 Å². The molecule has 0 aliphatic rings. The molecule has 3 nitrogen and oxygen atoms in total. The van der Waals surface area contributed by atoms with Gasteiger partial charge in [-0.25, -0.2) is 0 Å². The molecule has 0 fully saturated rings. The summed E-state index contributed by atoms with van der Waals surface area (Å²) < 4.78 is 67.5. The maximum atomic E-state index is 12.9. The fourth-order valence-corrected chi connectivity index (χ4v) is 2.06. The lowest BCUT2D eigenvalue weighted by molar-refractivity contribution is -0.138. The second kappa shape index (κ2) is 6.86. The van der Waals surface area contributed by atoms with E-state index in [2.05, 4.69) is 10.1 Å². The Morgan fingerprint density at radius 1 is 1.12 bits per heavy atom. The van der Waals surface area contributed by atoms with E-state index in [-0.39, 0.29) is 22.6 Å². The van der Waals surface area contributed by atoms with Gasteiger partial charge >= 0.3 is 12.8 Å². The summed E-state index contributed by atoms with van der Waals surface area (Å²) in [5, 5.41) is 2.25. The monoisotopic (exact) mass is 345 g/mol. The van der Waals surface area contributed by atoms with Gasteiger partial charge in [-0.05, 0) is 36.8 Å². The molecule has 0 atom stereocenters. The number of amides is 1. The third kappa shape index (κ3) is 4.21. The number of halogens is 5. The molecule has 0 bridgehead atoms. The molecule has 0 aromatic heterocycles. The van der Waals surface area contributed by atoms with Crippen molar-refractivity contribution in [1.82, 2.24) is 0 Å². The molecule has 0 radical (unpaired) electrons. The van der Waals surface area contributed by atoms with E-state index < -0.39 is 24.3 Å². The van der Waals surface area contributed by atoms with Crippen LogP contribution in [0.5, 0.6) is 5.75 Å². The molecule has 2 aromatic rings. The molecule has 8 heteroatoms. The van der Waals surface area contributed by atoms with Crippen LogP contribution >= 0.6 is 0 Å². The summed E-state index contributed by atoms with van der Waals surface area (Å²) in [6, 6.07) is 8.48. The summed E-state index contributed by atoms with van der Waals surface area (Å²) in [6.45, 7) is -1.84. The Hall–Kier alpha value is -2.64. The number of carbonyl (C=O) groups is 1. The molecule has 1 N–H and O–H groups in total. The first-order valence-electron chi connectivity index (χ1n) is 6.71. The van der Waals surface area contributed by atoms with Gasteiger partial charge in [0.2, 0.25) is 0 Å². The van der Waals surface area contributed by atoms with Crippen molar-refractivity contribution in [3.63, 3.8) is 0 Å². The van der Waals surface area contributed by atoms with E-state index >= 15 is 0 Å². The minimum atomic E-state index is -4.57. The zero-order chi connectivity index (χ0) is 17.9. The maximum absolute atomic E-state index is 12.9. The Morgan fingerprint density at radius 2 is 1.79 bits per heavy atom. The van der Waals surface area contributed by atoms with Crippen molar-refractivity contribution in [2.24, 2.45) is 0 Å². The number of carbonyl (C=O) groups excluding carboxylic acids is 1. The van der Waals surface area contributed by atoms with Crippen LogP contribution in [0, 0.1) is 6.92 Å². The van der Waals surface area contributed by atoms with Gasteiger partial charge in [0.1, 0.15) is 5.75 Å². The highest BCUT2D eigenvalue weighted by Crippen LogP contribution is 2.33. The first-order chi connectivity index (χ1) is 11.2. The van der Waals surface area contributed by atoms with Crippen LogP contribution < -0.4 is 10.1 Å². The Bertz CT molecular complexity index is 743. The van der Waals surface area contributed by atoms with Crippen LogP contribution in [0.25, 0.3) is 0 Å². The van der Waals surface area contributed by atoms with Crippen molar-refractivity contribution in [1.29, 1.82) is 0 Å². The van der Waals surface area contributed by atoms with Crippen molar-refractivity contribution in [2.75, 3.05) is 5.32 Å². The molecule has 0 saturated heterocycles. The highest BCUT2D eigenvalue weighted by molar-refractivity contribution is 6.06. The normalized spacial score (nSPS) is 11.5. The van der Waals surface area contributed by atoms with E-state index in [0.717, 1.165) is 12.1 Å². The van der Waals surface area contributed by atoms with Gasteiger partial charge in [-0.2, -0.15) is 22.0 Å². The molecule has 2 aromatic carbocycles. The van der Waals surface area contributed by atoms with E-state index in [9.17, 15) is 26.7 Å². The average Bonchev–Trinajstić information content (AvgIpc) is 2.48. The molecule has 0 spiro atoms. The number of aryl methyl sites for hydroxylation is 1. The first-order valence-corrected chi connectivity index (χ1v) is 6.71. The Balaban J connectivity index is 2.28. The Morgan fingerprint density at radius 3 is 2.42 bits per heavy atom. The van der Waals surface area contributed by atoms with Gasteiger partial charge in [0, 0.05) is 5.69 Å². The van der Waals surface area contributed by atoms with Crippen LogP contribution in [0.3, 0.4) is 0 Å². The standard InChI is InChI=1S/C16H12F5NO2/c1-9-6-7-10(8-12(9)16(19,20)21)22-14(23)11-4-2-3-5-13(11)24-15(17)18/h2-8,15H,1H3,(H,22,23). The van der Waals surface area contributed by atoms with Crippen LogP contribution in [-0.2, 0) is 6.18 Å². The second-order valence-electron chi connectivity index (χ2n) is 4.86. The quantitative estimate of drug-likeness (QED) is 0.803. The van der Waals surface area contributed by atoms with Gasteiger partial charge in [0.15, 0.2) is 0 Å². The van der Waals surface area contributed by atoms with Crippen LogP contribution in [0.15, 0.2) is 42.5 Å². The van der Waals surface area contributed by atoms with Crippen molar-refractivity contribution in [3.8, 4) is 5.75 Å². The molecule has 0 aliphatic carbocycles. The Kier molecular flexibility index (Phi) is 5.06. The van der Waals surface area contributed by atoms with Crippen molar-refractivity contribution < 1.29 is 31.5 Å². The number of nitrogens with one attached hydrogen (secondary N) is 1. The highest BCUT2D eigenvalue weighted by atomic mass is 19.4. The molecular formula is C16H12F5NO2. The number of ether oxygens (including phenoxy) is 1. The van der Waals surface area contributed by atoms with Gasteiger partial charge in [0.05, 0.1) is 11.1 Å². The topological polar surface area (TPSA) is 38.3 Å². The third-order valence-corrected chi connectivity index (χ3v) is 3.15. The summed E-state index contributed by atoms with van der Waals surface area (Å²) in [7, 11) is 0. The van der Waals surface area contributed by atoms with Gasteiger partial charge in [0.25, 0.3) is 5.91 Å². The average molecular weight is 345 g/mol. The van der Waals surface area contributed by atoms with Crippen molar-refractivity contribution in [2.45, 2.75) is 19.7 Å². The van der Waals surface area contributed by atoms with E-state index in [1.54, 1.807) is 0 Å². The molecular weight excluding hydrogens is 333 g/mol. The highest BCUT2D eigenvalue weighted by Gasteiger charge is 2.32. The first kappa shape index (κ1) is 17.7. The number of para-hydroxylation sites is 1. The maximum Gasteiger partial charge on any atom is 0.416 e. The Labute approximate surface area is 134 Å². The van der Waals surface area contributed by atoms with Gasteiger partial charge in [-0.1, -0.05) is 18.2 Å². The number of rotatable bonds is 4. The second-order valence-corrected chi connectivity index (χ2v) is 4.86.